The summed E-state index contributed by atoms with van der Waals surface area (Å²) in [6.07, 6.45) is 15.5. The molecule has 8 nitrogen and oxygen atoms in total. The molecule has 0 spiro atoms. The maximum absolute atomic E-state index is 15.1. The summed E-state index contributed by atoms with van der Waals surface area (Å²) in [5.41, 5.74) is -0.630. The van der Waals surface area contributed by atoms with E-state index in [2.05, 4.69) is 46.4 Å². The van der Waals surface area contributed by atoms with Gasteiger partial charge in [-0.05, 0) is 155 Å². The Bertz CT molecular complexity index is 1430. The Kier molecular flexibility index (Phi) is 10.1. The molecule has 0 aromatic rings. The monoisotopic (exact) mass is 740 g/mol. The fourth-order valence-corrected chi connectivity index (χ4v) is 15.0. The molecule has 6 aliphatic carbocycles. The zero-order chi connectivity index (χ0) is 38.4. The van der Waals surface area contributed by atoms with Gasteiger partial charge in [0.25, 0.3) is 0 Å². The smallest absolute Gasteiger partial charge is 0.309 e. The molecule has 10 unspecified atom stereocenters. The molecule has 1 aliphatic heterocycles. The molecule has 1 amide bonds. The minimum atomic E-state index is -1.14. The van der Waals surface area contributed by atoms with Crippen LogP contribution in [0.2, 0.25) is 0 Å². The number of methoxy groups -OCH3 is 1. The fraction of sp³-hybridized carbons (Fsp3) is 0.933. The molecular weight excluding hydrogens is 666 g/mol. The Balaban J connectivity index is 1.12. The molecule has 53 heavy (non-hydrogen) atoms. The number of ether oxygens (including phenoxy) is 3. The third-order valence-corrected chi connectivity index (χ3v) is 18.5. The number of fused-ring (bicyclic) bond motifs is 7. The van der Waals surface area contributed by atoms with Crippen molar-refractivity contribution in [3.8, 4) is 0 Å². The average Bonchev–Trinajstić information content (AvgIpc) is 3.71. The van der Waals surface area contributed by atoms with Gasteiger partial charge >= 0.3 is 11.9 Å². The van der Waals surface area contributed by atoms with Gasteiger partial charge in [-0.15, -0.1) is 0 Å². The number of carboxylic acid groups (broad SMARTS) is 1. The number of esters is 1. The Hall–Kier alpha value is -1.67. The molecule has 10 atom stereocenters. The lowest BCUT2D eigenvalue weighted by atomic mass is 9.32. The maximum Gasteiger partial charge on any atom is 0.309 e. The first kappa shape index (κ1) is 39.6. The van der Waals surface area contributed by atoms with Crippen molar-refractivity contribution in [3.63, 3.8) is 0 Å². The Morgan fingerprint density at radius 2 is 1.43 bits per heavy atom. The van der Waals surface area contributed by atoms with Crippen molar-refractivity contribution < 1.29 is 33.7 Å². The molecule has 7 aliphatic rings. The van der Waals surface area contributed by atoms with Crippen LogP contribution in [0.15, 0.2) is 0 Å². The first-order valence-corrected chi connectivity index (χ1v) is 21.6. The minimum Gasteiger partial charge on any atom is -0.481 e. The van der Waals surface area contributed by atoms with Gasteiger partial charge in [0.15, 0.2) is 0 Å². The first-order chi connectivity index (χ1) is 24.8. The second-order valence-corrected chi connectivity index (χ2v) is 21.7. The van der Waals surface area contributed by atoms with Crippen LogP contribution in [0, 0.1) is 67.5 Å². The van der Waals surface area contributed by atoms with E-state index in [-0.39, 0.29) is 51.7 Å². The van der Waals surface area contributed by atoms with Crippen LogP contribution in [-0.4, -0.2) is 73.5 Å². The largest absolute Gasteiger partial charge is 0.481 e. The molecule has 7 fully saturated rings. The molecule has 7 rings (SSSR count). The quantitative estimate of drug-likeness (QED) is 0.176. The highest BCUT2D eigenvalue weighted by molar-refractivity contribution is 5.84. The van der Waals surface area contributed by atoms with Crippen LogP contribution in [0.3, 0.4) is 0 Å². The number of hydrogen-bond donors (Lipinski definition) is 1. The molecule has 8 heteroatoms. The molecular formula is C45H73NO7. The number of nitrogens with zero attached hydrogens (tertiary/aromatic N) is 1. The summed E-state index contributed by atoms with van der Waals surface area (Å²) in [5, 5.41) is 9.64. The SMILES string of the molecule is COCCOC1CCN(C(=O)C23CCC(C4(C)CC4)C2C2CCC4C5(C)CCC(OC(=O)CC(C)(C)C(=O)O)C(C)(C)C5CCC4(C)C2(C)CC3)CC1. The van der Waals surface area contributed by atoms with Gasteiger partial charge in [0, 0.05) is 25.6 Å². The Morgan fingerprint density at radius 3 is 2.08 bits per heavy atom. The van der Waals surface area contributed by atoms with Crippen LogP contribution in [0.1, 0.15) is 152 Å². The summed E-state index contributed by atoms with van der Waals surface area (Å²) in [5.74, 6) is 1.85. The number of piperidine rings is 1. The van der Waals surface area contributed by atoms with Gasteiger partial charge in [-0.25, -0.2) is 0 Å². The molecule has 300 valence electrons. The van der Waals surface area contributed by atoms with Crippen LogP contribution in [0.5, 0.6) is 0 Å². The number of hydrogen-bond acceptors (Lipinski definition) is 6. The molecule has 0 bridgehead atoms. The number of aliphatic carboxylic acids is 1. The lowest BCUT2D eigenvalue weighted by Gasteiger charge is -2.73. The number of carboxylic acids is 1. The summed E-state index contributed by atoms with van der Waals surface area (Å²) in [6.45, 7) is 21.2. The third kappa shape index (κ3) is 6.14. The van der Waals surface area contributed by atoms with Crippen LogP contribution in [0.25, 0.3) is 0 Å². The predicted octanol–water partition coefficient (Wildman–Crippen LogP) is 8.93. The summed E-state index contributed by atoms with van der Waals surface area (Å²) in [6, 6.07) is 0. The molecule has 1 heterocycles. The predicted molar refractivity (Wildman–Crippen MR) is 205 cm³/mol. The molecule has 6 saturated carbocycles. The fourth-order valence-electron chi connectivity index (χ4n) is 15.0. The maximum atomic E-state index is 15.1. The van der Waals surface area contributed by atoms with Crippen LogP contribution in [0.4, 0.5) is 0 Å². The summed E-state index contributed by atoms with van der Waals surface area (Å²) in [7, 11) is 1.72. The van der Waals surface area contributed by atoms with E-state index in [0.29, 0.717) is 54.1 Å². The van der Waals surface area contributed by atoms with E-state index < -0.39 is 11.4 Å². The molecule has 0 aromatic carbocycles. The van der Waals surface area contributed by atoms with Gasteiger partial charge in [-0.1, -0.05) is 41.5 Å². The van der Waals surface area contributed by atoms with Crippen LogP contribution >= 0.6 is 0 Å². The second-order valence-electron chi connectivity index (χ2n) is 21.7. The average molecular weight is 740 g/mol. The van der Waals surface area contributed by atoms with Gasteiger partial charge in [-0.3, -0.25) is 14.4 Å². The molecule has 1 saturated heterocycles. The van der Waals surface area contributed by atoms with Gasteiger partial charge < -0.3 is 24.2 Å². The van der Waals surface area contributed by atoms with E-state index in [0.717, 1.165) is 64.5 Å². The highest BCUT2D eigenvalue weighted by Gasteiger charge is 2.73. The summed E-state index contributed by atoms with van der Waals surface area (Å²) < 4.78 is 17.5. The van der Waals surface area contributed by atoms with E-state index in [9.17, 15) is 14.7 Å². The van der Waals surface area contributed by atoms with Crippen molar-refractivity contribution in [2.75, 3.05) is 33.4 Å². The minimum absolute atomic E-state index is 0.107. The third-order valence-electron chi connectivity index (χ3n) is 18.5. The first-order valence-electron chi connectivity index (χ1n) is 21.6. The van der Waals surface area contributed by atoms with Crippen molar-refractivity contribution >= 4 is 17.8 Å². The number of carbonyl (C=O) groups is 3. The summed E-state index contributed by atoms with van der Waals surface area (Å²) in [4.78, 5) is 42.3. The van der Waals surface area contributed by atoms with Crippen molar-refractivity contribution in [2.45, 2.75) is 164 Å². The van der Waals surface area contributed by atoms with Gasteiger partial charge in [-0.2, -0.15) is 0 Å². The number of likely N-dealkylation sites (tertiary alicyclic amines) is 1. The highest BCUT2D eigenvalue weighted by atomic mass is 16.5. The van der Waals surface area contributed by atoms with Crippen LogP contribution < -0.4 is 0 Å². The van der Waals surface area contributed by atoms with Gasteiger partial charge in [0.05, 0.1) is 36.6 Å². The van der Waals surface area contributed by atoms with Crippen molar-refractivity contribution in [1.82, 2.24) is 4.90 Å². The van der Waals surface area contributed by atoms with Crippen molar-refractivity contribution in [2.24, 2.45) is 67.5 Å². The normalized spacial score (nSPS) is 43.2. The number of amides is 1. The molecule has 1 N–H and O–H groups in total. The molecule has 0 radical (unpaired) electrons. The zero-order valence-corrected chi connectivity index (χ0v) is 34.8. The van der Waals surface area contributed by atoms with E-state index in [4.69, 9.17) is 14.2 Å². The highest BCUT2D eigenvalue weighted by Crippen LogP contribution is 2.79. The topological polar surface area (TPSA) is 102 Å². The second kappa shape index (κ2) is 13.5. The summed E-state index contributed by atoms with van der Waals surface area (Å²) >= 11 is 0. The van der Waals surface area contributed by atoms with E-state index >= 15 is 4.79 Å². The number of carbonyl (C=O) groups excluding carboxylic acids is 2. The van der Waals surface area contributed by atoms with Gasteiger partial charge in [0.2, 0.25) is 5.91 Å². The van der Waals surface area contributed by atoms with E-state index in [1.54, 1.807) is 21.0 Å². The van der Waals surface area contributed by atoms with Gasteiger partial charge in [0.1, 0.15) is 6.10 Å². The zero-order valence-electron chi connectivity index (χ0n) is 34.8. The lowest BCUT2D eigenvalue weighted by molar-refractivity contribution is -0.251. The van der Waals surface area contributed by atoms with Crippen molar-refractivity contribution in [3.05, 3.63) is 0 Å². The number of rotatable bonds is 10. The van der Waals surface area contributed by atoms with Crippen molar-refractivity contribution in [1.29, 1.82) is 0 Å². The van der Waals surface area contributed by atoms with Crippen LogP contribution in [-0.2, 0) is 28.6 Å². The van der Waals surface area contributed by atoms with E-state index in [1.165, 1.54) is 38.5 Å². The standard InChI is InChI=1S/C45H73NO7/c1-39(2,38(49)50)28-35(47)53-34-14-17-42(6)32(40(34,3)4)13-18-44(8)33(42)11-10-31-36-30(41(5)20-21-41)12-19-45(36,23-22-43(31,44)7)37(48)46-24-15-29(16-25-46)52-27-26-51-9/h29-34,36H,10-28H2,1-9H3,(H,49,50). The van der Waals surface area contributed by atoms with E-state index in [1.807, 2.05) is 0 Å². The lowest BCUT2D eigenvalue weighted by Crippen LogP contribution is -2.67. The Labute approximate surface area is 320 Å². The Morgan fingerprint density at radius 1 is 0.736 bits per heavy atom. The molecule has 0 aromatic heterocycles.